The molecular formula is C11H9N5O2. The molecule has 7 nitrogen and oxygen atoms in total. The van der Waals surface area contributed by atoms with Gasteiger partial charge in [0.2, 0.25) is 5.65 Å². The van der Waals surface area contributed by atoms with Gasteiger partial charge >= 0.3 is 0 Å². The summed E-state index contributed by atoms with van der Waals surface area (Å²) in [4.78, 5) is 4.06. The molecule has 2 heterocycles. The van der Waals surface area contributed by atoms with Gasteiger partial charge in [0.1, 0.15) is 17.8 Å². The summed E-state index contributed by atoms with van der Waals surface area (Å²) in [6.45, 7) is 0. The Morgan fingerprint density at radius 2 is 2.22 bits per heavy atom. The molecule has 2 aromatic heterocycles. The maximum Gasteiger partial charge on any atom is 0.265 e. The maximum atomic E-state index is 9.49. The zero-order valence-electron chi connectivity index (χ0n) is 9.19. The molecule has 3 N–H and O–H groups in total. The molecule has 0 unspecified atom stereocenters. The lowest BCUT2D eigenvalue weighted by molar-refractivity contribution is 0.451. The summed E-state index contributed by atoms with van der Waals surface area (Å²) in [7, 11) is 0. The van der Waals surface area contributed by atoms with Gasteiger partial charge in [-0.15, -0.1) is 10.2 Å². The third-order valence-electron chi connectivity index (χ3n) is 2.43. The first kappa shape index (κ1) is 10.3. The van der Waals surface area contributed by atoms with E-state index in [1.54, 1.807) is 28.9 Å². The fourth-order valence-electron chi connectivity index (χ4n) is 1.53. The average molecular weight is 243 g/mol. The number of anilines is 1. The van der Waals surface area contributed by atoms with Gasteiger partial charge in [0.05, 0.1) is 0 Å². The van der Waals surface area contributed by atoms with Crippen LogP contribution in [0.1, 0.15) is 0 Å². The summed E-state index contributed by atoms with van der Waals surface area (Å²) in [5, 5.41) is 17.1. The van der Waals surface area contributed by atoms with Crippen LogP contribution in [-0.4, -0.2) is 24.7 Å². The first-order valence-electron chi connectivity index (χ1n) is 5.15. The molecule has 0 saturated heterocycles. The number of para-hydroxylation sites is 1. The van der Waals surface area contributed by atoms with Crippen molar-refractivity contribution in [2.45, 2.75) is 0 Å². The van der Waals surface area contributed by atoms with Crippen LogP contribution in [0.5, 0.6) is 17.4 Å². The van der Waals surface area contributed by atoms with Gasteiger partial charge in [-0.05, 0) is 12.1 Å². The summed E-state index contributed by atoms with van der Waals surface area (Å²) in [5.74, 6) is 0.548. The molecule has 0 atom stereocenters. The average Bonchev–Trinajstić information content (AvgIpc) is 2.84. The highest BCUT2D eigenvalue weighted by molar-refractivity contribution is 5.63. The molecule has 0 aliphatic heterocycles. The number of hydrogen-bond donors (Lipinski definition) is 2. The predicted octanol–water partition coefficient (Wildman–Crippen LogP) is 1.20. The summed E-state index contributed by atoms with van der Waals surface area (Å²) in [6.07, 6.45) is 4.80. The molecule has 0 bridgehead atoms. The van der Waals surface area contributed by atoms with Crippen molar-refractivity contribution in [2.24, 2.45) is 0 Å². The van der Waals surface area contributed by atoms with Crippen LogP contribution >= 0.6 is 0 Å². The summed E-state index contributed by atoms with van der Waals surface area (Å²) < 4.78 is 7.21. The van der Waals surface area contributed by atoms with Gasteiger partial charge in [-0.1, -0.05) is 6.07 Å². The summed E-state index contributed by atoms with van der Waals surface area (Å²) in [6, 6.07) is 4.74. The van der Waals surface area contributed by atoms with Crippen molar-refractivity contribution < 1.29 is 9.84 Å². The van der Waals surface area contributed by atoms with Crippen molar-refractivity contribution in [2.75, 3.05) is 5.73 Å². The fourth-order valence-corrected chi connectivity index (χ4v) is 1.53. The minimum atomic E-state index is -0.0408. The second-order valence-corrected chi connectivity index (χ2v) is 3.59. The van der Waals surface area contributed by atoms with Gasteiger partial charge in [-0.3, -0.25) is 4.40 Å². The van der Waals surface area contributed by atoms with Crippen LogP contribution in [0.3, 0.4) is 0 Å². The highest BCUT2D eigenvalue weighted by Crippen LogP contribution is 2.33. The van der Waals surface area contributed by atoms with Gasteiger partial charge in [0, 0.05) is 12.4 Å². The minimum absolute atomic E-state index is 0.0408. The van der Waals surface area contributed by atoms with Gasteiger partial charge in [-0.25, -0.2) is 4.98 Å². The number of phenolic OH excluding ortho intramolecular Hbond substituents is 1. The largest absolute Gasteiger partial charge is 0.506 e. The number of nitrogen functional groups attached to an aromatic ring is 1. The van der Waals surface area contributed by atoms with Gasteiger partial charge in [0.15, 0.2) is 5.75 Å². The Labute approximate surface area is 101 Å². The molecule has 18 heavy (non-hydrogen) atoms. The van der Waals surface area contributed by atoms with E-state index in [0.717, 1.165) is 0 Å². The van der Waals surface area contributed by atoms with Crippen LogP contribution in [0.2, 0.25) is 0 Å². The third-order valence-corrected chi connectivity index (χ3v) is 2.43. The Kier molecular flexibility index (Phi) is 2.23. The first-order valence-corrected chi connectivity index (χ1v) is 5.15. The molecule has 0 fully saturated rings. The molecule has 0 saturated carbocycles. The number of phenols is 1. The molecule has 0 aliphatic carbocycles. The van der Waals surface area contributed by atoms with E-state index >= 15 is 0 Å². The van der Waals surface area contributed by atoms with E-state index in [1.165, 1.54) is 12.4 Å². The van der Waals surface area contributed by atoms with Crippen LogP contribution in [-0.2, 0) is 0 Å². The van der Waals surface area contributed by atoms with Crippen LogP contribution in [0.25, 0.3) is 5.65 Å². The highest BCUT2D eigenvalue weighted by Gasteiger charge is 2.11. The topological polar surface area (TPSA) is 98.6 Å². The molecule has 0 aliphatic rings. The second-order valence-electron chi connectivity index (χ2n) is 3.59. The molecule has 90 valence electrons. The Morgan fingerprint density at radius 1 is 1.33 bits per heavy atom. The van der Waals surface area contributed by atoms with Crippen LogP contribution in [0.4, 0.5) is 5.69 Å². The summed E-state index contributed by atoms with van der Waals surface area (Å²) >= 11 is 0. The van der Waals surface area contributed by atoms with Gasteiger partial charge in [-0.2, -0.15) is 0 Å². The van der Waals surface area contributed by atoms with Crippen molar-refractivity contribution in [1.82, 2.24) is 19.6 Å². The standard InChI is InChI=1S/C11H9N5O2/c12-9-7(17)2-1-3-8(9)18-11-10-15-14-6-16(10)5-4-13-11/h1-6,17H,12H2. The molecule has 0 radical (unpaired) electrons. The normalized spacial score (nSPS) is 10.7. The molecule has 0 amide bonds. The number of hydrogen-bond acceptors (Lipinski definition) is 6. The quantitative estimate of drug-likeness (QED) is 0.518. The number of aromatic nitrogens is 4. The van der Waals surface area contributed by atoms with E-state index in [9.17, 15) is 5.11 Å². The molecule has 0 spiro atoms. The predicted molar refractivity (Wildman–Crippen MR) is 63.4 cm³/mol. The van der Waals surface area contributed by atoms with E-state index in [1.807, 2.05) is 0 Å². The number of nitrogens with two attached hydrogens (primary N) is 1. The Bertz CT molecular complexity index is 709. The van der Waals surface area contributed by atoms with Crippen molar-refractivity contribution in [3.05, 3.63) is 36.9 Å². The van der Waals surface area contributed by atoms with E-state index in [0.29, 0.717) is 11.4 Å². The van der Waals surface area contributed by atoms with Gasteiger partial charge in [0.25, 0.3) is 5.88 Å². The Morgan fingerprint density at radius 3 is 3.11 bits per heavy atom. The lowest BCUT2D eigenvalue weighted by Gasteiger charge is -2.08. The number of aromatic hydroxyl groups is 1. The van der Waals surface area contributed by atoms with E-state index in [-0.39, 0.29) is 17.3 Å². The molecule has 3 rings (SSSR count). The number of rotatable bonds is 2. The smallest absolute Gasteiger partial charge is 0.265 e. The minimum Gasteiger partial charge on any atom is -0.506 e. The number of benzene rings is 1. The van der Waals surface area contributed by atoms with E-state index in [2.05, 4.69) is 15.2 Å². The van der Waals surface area contributed by atoms with Crippen LogP contribution in [0.15, 0.2) is 36.9 Å². The van der Waals surface area contributed by atoms with Crippen LogP contribution in [0, 0.1) is 0 Å². The second kappa shape index (κ2) is 3.88. The third kappa shape index (κ3) is 1.58. The molecule has 7 heteroatoms. The van der Waals surface area contributed by atoms with Crippen LogP contribution < -0.4 is 10.5 Å². The van der Waals surface area contributed by atoms with Crippen molar-refractivity contribution in [3.8, 4) is 17.4 Å². The lowest BCUT2D eigenvalue weighted by atomic mass is 10.3. The number of nitrogens with zero attached hydrogens (tertiary/aromatic N) is 4. The zero-order chi connectivity index (χ0) is 12.5. The molecule has 1 aromatic carbocycles. The zero-order valence-corrected chi connectivity index (χ0v) is 9.19. The van der Waals surface area contributed by atoms with E-state index < -0.39 is 0 Å². The molecular weight excluding hydrogens is 234 g/mol. The Hall–Kier alpha value is -2.83. The Balaban J connectivity index is 2.06. The first-order chi connectivity index (χ1) is 8.75. The molecule has 3 aromatic rings. The SMILES string of the molecule is Nc1c(O)cccc1Oc1nccn2cnnc12. The highest BCUT2D eigenvalue weighted by atomic mass is 16.5. The van der Waals surface area contributed by atoms with Gasteiger partial charge < -0.3 is 15.6 Å². The van der Waals surface area contributed by atoms with Crippen molar-refractivity contribution >= 4 is 11.3 Å². The maximum absolute atomic E-state index is 9.49. The van der Waals surface area contributed by atoms with Crippen molar-refractivity contribution in [1.29, 1.82) is 0 Å². The number of fused-ring (bicyclic) bond motifs is 1. The monoisotopic (exact) mass is 243 g/mol. The fraction of sp³-hybridized carbons (Fsp3) is 0. The van der Waals surface area contributed by atoms with E-state index in [4.69, 9.17) is 10.5 Å². The number of ether oxygens (including phenoxy) is 1. The lowest BCUT2D eigenvalue weighted by Crippen LogP contribution is -1.96. The summed E-state index contributed by atoms with van der Waals surface area (Å²) in [5.41, 5.74) is 6.33. The van der Waals surface area contributed by atoms with Crippen molar-refractivity contribution in [3.63, 3.8) is 0 Å².